The van der Waals surface area contributed by atoms with Crippen LogP contribution in [0, 0.1) is 5.92 Å². The highest BCUT2D eigenvalue weighted by Crippen LogP contribution is 2.32. The monoisotopic (exact) mass is 288 g/mol. The van der Waals surface area contributed by atoms with Gasteiger partial charge in [0, 0.05) is 18.5 Å². The summed E-state index contributed by atoms with van der Waals surface area (Å²) in [5.41, 5.74) is 5.93. The van der Waals surface area contributed by atoms with Gasteiger partial charge in [0.15, 0.2) is 0 Å². The number of rotatable bonds is 1. The number of nitrogens with zero attached hydrogens (tertiary/aromatic N) is 1. The van der Waals surface area contributed by atoms with Gasteiger partial charge in [0.25, 0.3) is 0 Å². The van der Waals surface area contributed by atoms with E-state index in [1.165, 1.54) is 12.8 Å². The van der Waals surface area contributed by atoms with E-state index in [2.05, 4.69) is 4.90 Å². The first kappa shape index (κ1) is 15.1. The van der Waals surface area contributed by atoms with Crippen molar-refractivity contribution in [2.75, 3.05) is 13.2 Å². The summed E-state index contributed by atoms with van der Waals surface area (Å²) in [7, 11) is 0. The number of nitrogens with two attached hydrogens (primary N) is 1. The van der Waals surface area contributed by atoms with E-state index >= 15 is 0 Å². The second-order valence-corrected chi connectivity index (χ2v) is 6.06. The Morgan fingerprint density at radius 1 is 1.16 bits per heavy atom. The zero-order valence-electron chi connectivity index (χ0n) is 11.4. The Morgan fingerprint density at radius 2 is 1.95 bits per heavy atom. The van der Waals surface area contributed by atoms with Crippen LogP contribution in [-0.4, -0.2) is 42.1 Å². The second-order valence-electron chi connectivity index (χ2n) is 6.06. The number of hydrogen-bond donors (Lipinski definition) is 1. The van der Waals surface area contributed by atoms with Crippen molar-refractivity contribution in [1.82, 2.24) is 4.90 Å². The van der Waals surface area contributed by atoms with Gasteiger partial charge < -0.3 is 15.4 Å². The molecule has 0 aromatic heterocycles. The highest BCUT2D eigenvalue weighted by atomic mass is 35.5. The minimum atomic E-state index is 0. The summed E-state index contributed by atoms with van der Waals surface area (Å²) >= 11 is 0. The Bertz CT molecular complexity index is 325. The molecule has 0 radical (unpaired) electrons. The highest BCUT2D eigenvalue weighted by Gasteiger charge is 2.40. The number of amides is 1. The maximum Gasteiger partial charge on any atom is 0.226 e. The van der Waals surface area contributed by atoms with Crippen LogP contribution in [-0.2, 0) is 9.53 Å². The van der Waals surface area contributed by atoms with Gasteiger partial charge in [-0.2, -0.15) is 0 Å². The minimum Gasteiger partial charge on any atom is -0.374 e. The lowest BCUT2D eigenvalue weighted by molar-refractivity contribution is -0.153. The largest absolute Gasteiger partial charge is 0.374 e. The predicted molar refractivity (Wildman–Crippen MR) is 76.3 cm³/mol. The number of fused-ring (bicyclic) bond motifs is 1. The molecule has 1 heterocycles. The molecule has 3 rings (SSSR count). The van der Waals surface area contributed by atoms with E-state index in [1.54, 1.807) is 0 Å². The number of ether oxygens (including phenoxy) is 1. The van der Waals surface area contributed by atoms with Crippen LogP contribution < -0.4 is 5.73 Å². The molecule has 3 aliphatic rings. The Balaban J connectivity index is 0.00000133. The van der Waals surface area contributed by atoms with Gasteiger partial charge in [-0.3, -0.25) is 4.79 Å². The zero-order valence-corrected chi connectivity index (χ0v) is 12.2. The van der Waals surface area contributed by atoms with Gasteiger partial charge in [0.05, 0.1) is 18.8 Å². The fraction of sp³-hybridized carbons (Fsp3) is 0.929. The van der Waals surface area contributed by atoms with Gasteiger partial charge in [-0.05, 0) is 32.1 Å². The maximum absolute atomic E-state index is 12.6. The normalized spacial score (nSPS) is 38.5. The van der Waals surface area contributed by atoms with E-state index in [1.807, 2.05) is 0 Å². The Hall–Kier alpha value is -0.320. The van der Waals surface area contributed by atoms with E-state index < -0.39 is 0 Å². The van der Waals surface area contributed by atoms with Crippen LogP contribution in [0.15, 0.2) is 0 Å². The molecule has 5 heteroatoms. The molecule has 1 amide bonds. The van der Waals surface area contributed by atoms with Crippen molar-refractivity contribution >= 4 is 18.3 Å². The third kappa shape index (κ3) is 3.06. The average molecular weight is 289 g/mol. The fourth-order valence-electron chi connectivity index (χ4n) is 3.85. The van der Waals surface area contributed by atoms with E-state index in [9.17, 15) is 4.79 Å². The fourth-order valence-corrected chi connectivity index (χ4v) is 3.85. The van der Waals surface area contributed by atoms with E-state index in [-0.39, 0.29) is 24.4 Å². The number of hydrogen-bond acceptors (Lipinski definition) is 3. The van der Waals surface area contributed by atoms with Crippen LogP contribution in [0.5, 0.6) is 0 Å². The first-order chi connectivity index (χ1) is 8.75. The molecular weight excluding hydrogens is 264 g/mol. The number of carbonyl (C=O) groups excluding carboxylic acids is 1. The lowest BCUT2D eigenvalue weighted by atomic mass is 9.89. The lowest BCUT2D eigenvalue weighted by Gasteiger charge is -2.44. The van der Waals surface area contributed by atoms with Crippen molar-refractivity contribution < 1.29 is 9.53 Å². The van der Waals surface area contributed by atoms with Crippen molar-refractivity contribution in [2.24, 2.45) is 11.7 Å². The standard InChI is InChI=1S/C14H24N2O2.ClH/c15-11-6-5-10(9-11)14(17)16-7-8-18-13-4-2-1-3-12(13)16;/h10-13H,1-9,15H2;1H. The predicted octanol–water partition coefficient (Wildman–Crippen LogP) is 1.71. The first-order valence-electron chi connectivity index (χ1n) is 7.43. The summed E-state index contributed by atoms with van der Waals surface area (Å²) in [6.45, 7) is 1.50. The van der Waals surface area contributed by atoms with Crippen LogP contribution in [0.2, 0.25) is 0 Å². The third-order valence-electron chi connectivity index (χ3n) is 4.84. The molecule has 0 aromatic carbocycles. The summed E-state index contributed by atoms with van der Waals surface area (Å²) in [5.74, 6) is 0.531. The van der Waals surface area contributed by atoms with Crippen LogP contribution in [0.25, 0.3) is 0 Å². The summed E-state index contributed by atoms with van der Waals surface area (Å²) < 4.78 is 5.83. The van der Waals surface area contributed by atoms with Gasteiger partial charge in [-0.15, -0.1) is 12.4 Å². The topological polar surface area (TPSA) is 55.6 Å². The third-order valence-corrected chi connectivity index (χ3v) is 4.84. The summed E-state index contributed by atoms with van der Waals surface area (Å²) in [4.78, 5) is 14.7. The number of halogens is 1. The first-order valence-corrected chi connectivity index (χ1v) is 7.43. The molecule has 2 saturated carbocycles. The molecule has 4 nitrogen and oxygen atoms in total. The second kappa shape index (κ2) is 6.42. The van der Waals surface area contributed by atoms with Crippen molar-refractivity contribution in [2.45, 2.75) is 63.1 Å². The molecular formula is C14H25ClN2O2. The number of morpholine rings is 1. The van der Waals surface area contributed by atoms with Gasteiger partial charge in [0.2, 0.25) is 5.91 Å². The Morgan fingerprint density at radius 3 is 2.68 bits per heavy atom. The minimum absolute atomic E-state index is 0. The molecule has 2 N–H and O–H groups in total. The molecule has 1 saturated heterocycles. The SMILES string of the molecule is Cl.NC1CCC(C(=O)N2CCOC3CCCCC32)C1. The molecule has 1 aliphatic heterocycles. The molecule has 4 atom stereocenters. The van der Waals surface area contributed by atoms with Crippen LogP contribution >= 0.6 is 12.4 Å². The van der Waals surface area contributed by atoms with Crippen molar-refractivity contribution in [1.29, 1.82) is 0 Å². The van der Waals surface area contributed by atoms with Crippen LogP contribution in [0.3, 0.4) is 0 Å². The van der Waals surface area contributed by atoms with Gasteiger partial charge in [-0.1, -0.05) is 12.8 Å². The van der Waals surface area contributed by atoms with E-state index in [0.717, 1.165) is 38.6 Å². The highest BCUT2D eigenvalue weighted by molar-refractivity contribution is 5.85. The molecule has 0 bridgehead atoms. The average Bonchev–Trinajstić information content (AvgIpc) is 2.84. The van der Waals surface area contributed by atoms with Crippen molar-refractivity contribution in [3.05, 3.63) is 0 Å². The molecule has 4 unspecified atom stereocenters. The van der Waals surface area contributed by atoms with E-state index in [0.29, 0.717) is 24.7 Å². The molecule has 2 aliphatic carbocycles. The Labute approximate surface area is 121 Å². The summed E-state index contributed by atoms with van der Waals surface area (Å²) in [6, 6.07) is 0.582. The molecule has 110 valence electrons. The van der Waals surface area contributed by atoms with Gasteiger partial charge in [0.1, 0.15) is 0 Å². The maximum atomic E-state index is 12.6. The van der Waals surface area contributed by atoms with Gasteiger partial charge >= 0.3 is 0 Å². The molecule has 0 aromatic rings. The number of carbonyl (C=O) groups is 1. The molecule has 0 spiro atoms. The lowest BCUT2D eigenvalue weighted by Crippen LogP contribution is -2.56. The Kier molecular flexibility index (Phi) is 5.09. The smallest absolute Gasteiger partial charge is 0.226 e. The van der Waals surface area contributed by atoms with E-state index in [4.69, 9.17) is 10.5 Å². The summed E-state index contributed by atoms with van der Waals surface area (Å²) in [6.07, 6.45) is 7.90. The molecule has 19 heavy (non-hydrogen) atoms. The van der Waals surface area contributed by atoms with Gasteiger partial charge in [-0.25, -0.2) is 0 Å². The van der Waals surface area contributed by atoms with Crippen LogP contribution in [0.1, 0.15) is 44.9 Å². The molecule has 3 fully saturated rings. The quantitative estimate of drug-likeness (QED) is 0.799. The zero-order chi connectivity index (χ0) is 12.5. The van der Waals surface area contributed by atoms with Crippen LogP contribution in [0.4, 0.5) is 0 Å². The van der Waals surface area contributed by atoms with Crippen molar-refractivity contribution in [3.8, 4) is 0 Å². The van der Waals surface area contributed by atoms with Crippen molar-refractivity contribution in [3.63, 3.8) is 0 Å². The summed E-state index contributed by atoms with van der Waals surface area (Å²) in [5, 5.41) is 0.